The van der Waals surface area contributed by atoms with Crippen LogP contribution in [0, 0.1) is 0 Å². The molecule has 0 bridgehead atoms. The molecule has 0 radical (unpaired) electrons. The molecule has 0 saturated carbocycles. The Kier molecular flexibility index (Phi) is 4.31. The first kappa shape index (κ1) is 13.0. The number of aliphatic hydroxyl groups is 1. The summed E-state index contributed by atoms with van der Waals surface area (Å²) in [4.78, 5) is 10.5. The molecule has 6 nitrogen and oxygen atoms in total. The van der Waals surface area contributed by atoms with Crippen LogP contribution >= 0.6 is 11.8 Å². The van der Waals surface area contributed by atoms with E-state index < -0.39 is 12.1 Å². The van der Waals surface area contributed by atoms with Crippen LogP contribution in [-0.4, -0.2) is 36.7 Å². The first-order valence-corrected chi connectivity index (χ1v) is 5.89. The molecular formula is C9H15N3O3S. The molecular weight excluding hydrogens is 230 g/mol. The Bertz CT molecular complexity index is 376. The maximum Gasteiger partial charge on any atom is 0.313 e. The molecule has 0 aliphatic carbocycles. The Labute approximate surface area is 97.7 Å². The zero-order valence-electron chi connectivity index (χ0n) is 9.41. The van der Waals surface area contributed by atoms with Gasteiger partial charge in [-0.25, -0.2) is 0 Å². The SMILES string of the molecule is CC(O)c1nnc(SCC(=O)O)n1C(C)C. The molecule has 0 spiro atoms. The quantitative estimate of drug-likeness (QED) is 0.755. The van der Waals surface area contributed by atoms with Gasteiger partial charge in [-0.1, -0.05) is 11.8 Å². The predicted molar refractivity (Wildman–Crippen MR) is 59.4 cm³/mol. The van der Waals surface area contributed by atoms with Crippen LogP contribution in [0.1, 0.15) is 38.7 Å². The van der Waals surface area contributed by atoms with Crippen molar-refractivity contribution in [2.75, 3.05) is 5.75 Å². The van der Waals surface area contributed by atoms with Crippen LogP contribution in [0.4, 0.5) is 0 Å². The van der Waals surface area contributed by atoms with Crippen molar-refractivity contribution in [1.82, 2.24) is 14.8 Å². The zero-order chi connectivity index (χ0) is 12.3. The van der Waals surface area contributed by atoms with E-state index in [1.54, 1.807) is 11.5 Å². The molecule has 7 heteroatoms. The third-order valence-electron chi connectivity index (χ3n) is 1.91. The highest BCUT2D eigenvalue weighted by molar-refractivity contribution is 7.99. The molecule has 0 saturated heterocycles. The number of carboxylic acid groups (broad SMARTS) is 1. The summed E-state index contributed by atoms with van der Waals surface area (Å²) in [5.74, 6) is -0.505. The van der Waals surface area contributed by atoms with Gasteiger partial charge in [0.1, 0.15) is 6.10 Å². The van der Waals surface area contributed by atoms with Gasteiger partial charge in [-0.2, -0.15) is 0 Å². The molecule has 1 aromatic heterocycles. The lowest BCUT2D eigenvalue weighted by atomic mass is 10.3. The minimum absolute atomic E-state index is 0.0648. The van der Waals surface area contributed by atoms with E-state index in [1.165, 1.54) is 0 Å². The van der Waals surface area contributed by atoms with Crippen LogP contribution in [0.3, 0.4) is 0 Å². The number of hydrogen-bond acceptors (Lipinski definition) is 5. The topological polar surface area (TPSA) is 88.2 Å². The lowest BCUT2D eigenvalue weighted by Crippen LogP contribution is -2.11. The van der Waals surface area contributed by atoms with Gasteiger partial charge in [0.25, 0.3) is 0 Å². The summed E-state index contributed by atoms with van der Waals surface area (Å²) < 4.78 is 1.75. The highest BCUT2D eigenvalue weighted by Gasteiger charge is 2.18. The second-order valence-electron chi connectivity index (χ2n) is 3.66. The predicted octanol–water partition coefficient (Wildman–Crippen LogP) is 1.09. The van der Waals surface area contributed by atoms with E-state index in [4.69, 9.17) is 5.11 Å². The first-order valence-electron chi connectivity index (χ1n) is 4.91. The van der Waals surface area contributed by atoms with Gasteiger partial charge in [-0.15, -0.1) is 10.2 Å². The largest absolute Gasteiger partial charge is 0.481 e. The summed E-state index contributed by atoms with van der Waals surface area (Å²) in [7, 11) is 0. The third kappa shape index (κ3) is 2.96. The molecule has 1 atom stereocenters. The van der Waals surface area contributed by atoms with E-state index >= 15 is 0 Å². The first-order chi connectivity index (χ1) is 7.43. The second-order valence-corrected chi connectivity index (χ2v) is 4.61. The number of aromatic nitrogens is 3. The lowest BCUT2D eigenvalue weighted by molar-refractivity contribution is -0.133. The maximum atomic E-state index is 10.5. The van der Waals surface area contributed by atoms with Crippen LogP contribution < -0.4 is 0 Å². The number of carboxylic acids is 1. The van der Waals surface area contributed by atoms with E-state index in [-0.39, 0.29) is 11.8 Å². The van der Waals surface area contributed by atoms with Gasteiger partial charge in [0.2, 0.25) is 0 Å². The van der Waals surface area contributed by atoms with E-state index in [0.29, 0.717) is 11.0 Å². The van der Waals surface area contributed by atoms with Crippen molar-refractivity contribution in [3.63, 3.8) is 0 Å². The Morgan fingerprint density at radius 3 is 2.50 bits per heavy atom. The number of thioether (sulfide) groups is 1. The number of nitrogens with zero attached hydrogens (tertiary/aromatic N) is 3. The van der Waals surface area contributed by atoms with Gasteiger partial charge >= 0.3 is 5.97 Å². The molecule has 16 heavy (non-hydrogen) atoms. The van der Waals surface area contributed by atoms with Crippen molar-refractivity contribution in [3.8, 4) is 0 Å². The Morgan fingerprint density at radius 2 is 2.06 bits per heavy atom. The van der Waals surface area contributed by atoms with Crippen LogP contribution in [0.15, 0.2) is 5.16 Å². The Morgan fingerprint density at radius 1 is 1.44 bits per heavy atom. The Hall–Kier alpha value is -1.08. The molecule has 0 aliphatic heterocycles. The fourth-order valence-electron chi connectivity index (χ4n) is 1.28. The van der Waals surface area contributed by atoms with E-state index in [2.05, 4.69) is 10.2 Å². The minimum atomic E-state index is -0.901. The molecule has 1 rings (SSSR count). The molecule has 1 aromatic rings. The molecule has 0 fully saturated rings. The lowest BCUT2D eigenvalue weighted by Gasteiger charge is -2.14. The van der Waals surface area contributed by atoms with E-state index in [0.717, 1.165) is 11.8 Å². The molecule has 90 valence electrons. The van der Waals surface area contributed by atoms with Crippen LogP contribution in [0.25, 0.3) is 0 Å². The van der Waals surface area contributed by atoms with Crippen molar-refractivity contribution in [3.05, 3.63) is 5.82 Å². The fraction of sp³-hybridized carbons (Fsp3) is 0.667. The molecule has 0 aromatic carbocycles. The standard InChI is InChI=1S/C9H15N3O3S/c1-5(2)12-8(6(3)13)10-11-9(12)16-4-7(14)15/h5-6,13H,4H2,1-3H3,(H,14,15). The van der Waals surface area contributed by atoms with E-state index in [9.17, 15) is 9.90 Å². The number of rotatable bonds is 5. The number of aliphatic hydroxyl groups excluding tert-OH is 1. The van der Waals surface area contributed by atoms with Gasteiger partial charge in [0.15, 0.2) is 11.0 Å². The average Bonchev–Trinajstić information content (AvgIpc) is 2.57. The highest BCUT2D eigenvalue weighted by atomic mass is 32.2. The normalized spacial score (nSPS) is 13.1. The molecule has 0 aliphatic rings. The summed E-state index contributed by atoms with van der Waals surface area (Å²) in [6, 6.07) is 0.0795. The summed E-state index contributed by atoms with van der Waals surface area (Å²) in [5.41, 5.74) is 0. The fourth-order valence-corrected chi connectivity index (χ4v) is 2.08. The third-order valence-corrected chi connectivity index (χ3v) is 2.83. The van der Waals surface area contributed by atoms with Crippen molar-refractivity contribution < 1.29 is 15.0 Å². The average molecular weight is 245 g/mol. The monoisotopic (exact) mass is 245 g/mol. The maximum absolute atomic E-state index is 10.5. The summed E-state index contributed by atoms with van der Waals surface area (Å²) in [5, 5.41) is 26.4. The number of carbonyl (C=O) groups is 1. The van der Waals surface area contributed by atoms with Crippen LogP contribution in [0.2, 0.25) is 0 Å². The minimum Gasteiger partial charge on any atom is -0.481 e. The van der Waals surface area contributed by atoms with E-state index in [1.807, 2.05) is 13.8 Å². The van der Waals surface area contributed by atoms with Crippen LogP contribution in [-0.2, 0) is 4.79 Å². The molecule has 1 heterocycles. The summed E-state index contributed by atoms with van der Waals surface area (Å²) in [6.07, 6.45) is -0.714. The van der Waals surface area contributed by atoms with Crippen molar-refractivity contribution in [2.45, 2.75) is 38.1 Å². The number of aliphatic carboxylic acids is 1. The Balaban J connectivity index is 2.96. The van der Waals surface area contributed by atoms with Gasteiger partial charge in [-0.3, -0.25) is 4.79 Å². The van der Waals surface area contributed by atoms with Crippen molar-refractivity contribution in [1.29, 1.82) is 0 Å². The van der Waals surface area contributed by atoms with Crippen LogP contribution in [0.5, 0.6) is 0 Å². The summed E-state index contributed by atoms with van der Waals surface area (Å²) >= 11 is 1.10. The molecule has 2 N–H and O–H groups in total. The van der Waals surface area contributed by atoms with Gasteiger partial charge in [0, 0.05) is 6.04 Å². The smallest absolute Gasteiger partial charge is 0.313 e. The number of hydrogen-bond donors (Lipinski definition) is 2. The molecule has 0 amide bonds. The highest BCUT2D eigenvalue weighted by Crippen LogP contribution is 2.24. The summed E-state index contributed by atoms with van der Waals surface area (Å²) in [6.45, 7) is 5.47. The van der Waals surface area contributed by atoms with Gasteiger partial charge < -0.3 is 14.8 Å². The zero-order valence-corrected chi connectivity index (χ0v) is 10.2. The van der Waals surface area contributed by atoms with Gasteiger partial charge in [0.05, 0.1) is 5.75 Å². The second kappa shape index (κ2) is 5.31. The van der Waals surface area contributed by atoms with Crippen molar-refractivity contribution in [2.24, 2.45) is 0 Å². The molecule has 1 unspecified atom stereocenters. The van der Waals surface area contributed by atoms with Gasteiger partial charge in [-0.05, 0) is 20.8 Å². The van der Waals surface area contributed by atoms with Crippen molar-refractivity contribution >= 4 is 17.7 Å².